The Bertz CT molecular complexity index is 492. The number of nitrogens with zero attached hydrogens (tertiary/aromatic N) is 2. The van der Waals surface area contributed by atoms with E-state index in [9.17, 15) is 4.79 Å². The van der Waals surface area contributed by atoms with Crippen molar-refractivity contribution in [2.45, 2.75) is 26.4 Å². The van der Waals surface area contributed by atoms with E-state index in [2.05, 4.69) is 29.3 Å². The average Bonchev–Trinajstić information content (AvgIpc) is 2.95. The molecule has 108 valence electrons. The van der Waals surface area contributed by atoms with Gasteiger partial charge in [0.2, 0.25) is 0 Å². The minimum Gasteiger partial charge on any atom is -0.336 e. The van der Waals surface area contributed by atoms with E-state index in [1.54, 1.807) is 0 Å². The first-order valence-electron chi connectivity index (χ1n) is 7.62. The van der Waals surface area contributed by atoms with Crippen molar-refractivity contribution < 1.29 is 4.79 Å². The van der Waals surface area contributed by atoms with Crippen molar-refractivity contribution in [1.29, 1.82) is 0 Å². The van der Waals surface area contributed by atoms with Gasteiger partial charge in [-0.3, -0.25) is 9.69 Å². The summed E-state index contributed by atoms with van der Waals surface area (Å²) < 4.78 is 0. The summed E-state index contributed by atoms with van der Waals surface area (Å²) in [6.07, 6.45) is 1.19. The zero-order chi connectivity index (χ0) is 13.9. The van der Waals surface area contributed by atoms with E-state index < -0.39 is 0 Å². The van der Waals surface area contributed by atoms with Crippen molar-refractivity contribution in [3.05, 3.63) is 34.9 Å². The molecule has 0 radical (unpaired) electrons. The number of piperazine rings is 1. The second-order valence-corrected chi connectivity index (χ2v) is 5.72. The molecule has 2 heterocycles. The first-order chi connectivity index (χ1) is 9.78. The van der Waals surface area contributed by atoms with E-state index >= 15 is 0 Å². The topological polar surface area (TPSA) is 35.6 Å². The van der Waals surface area contributed by atoms with Crippen LogP contribution in [0.15, 0.2) is 18.2 Å². The molecule has 1 saturated heterocycles. The molecular weight excluding hydrogens is 250 g/mol. The monoisotopic (exact) mass is 273 g/mol. The highest BCUT2D eigenvalue weighted by Crippen LogP contribution is 2.18. The first kappa shape index (κ1) is 13.6. The summed E-state index contributed by atoms with van der Waals surface area (Å²) in [5.74, 6) is 0.191. The molecule has 1 N–H and O–H groups in total. The molecule has 0 unspecified atom stereocenters. The number of hydrogen-bond donors (Lipinski definition) is 1. The molecule has 1 amide bonds. The number of fused-ring (bicyclic) bond motifs is 1. The number of hydrogen-bond acceptors (Lipinski definition) is 3. The van der Waals surface area contributed by atoms with Gasteiger partial charge in [0.25, 0.3) is 5.91 Å². The Labute approximate surface area is 120 Å². The minimum absolute atomic E-state index is 0.191. The highest BCUT2D eigenvalue weighted by molar-refractivity contribution is 5.94. The van der Waals surface area contributed by atoms with Gasteiger partial charge in [-0.15, -0.1) is 0 Å². The number of amides is 1. The molecule has 1 aromatic rings. The Kier molecular flexibility index (Phi) is 4.03. The van der Waals surface area contributed by atoms with Gasteiger partial charge in [-0.25, -0.2) is 0 Å². The Hall–Kier alpha value is -1.39. The van der Waals surface area contributed by atoms with Gasteiger partial charge in [0.1, 0.15) is 0 Å². The molecule has 0 atom stereocenters. The van der Waals surface area contributed by atoms with Crippen LogP contribution in [0.25, 0.3) is 0 Å². The molecular formula is C16H23N3O. The van der Waals surface area contributed by atoms with Crippen LogP contribution in [0.4, 0.5) is 0 Å². The van der Waals surface area contributed by atoms with Gasteiger partial charge in [-0.2, -0.15) is 0 Å². The normalized spacial score (nSPS) is 19.1. The lowest BCUT2D eigenvalue weighted by molar-refractivity contribution is 0.0637. The van der Waals surface area contributed by atoms with E-state index in [4.69, 9.17) is 0 Å². The fraction of sp³-hybridized carbons (Fsp3) is 0.562. The zero-order valence-corrected chi connectivity index (χ0v) is 12.2. The van der Waals surface area contributed by atoms with Gasteiger partial charge in [0.15, 0.2) is 0 Å². The summed E-state index contributed by atoms with van der Waals surface area (Å²) in [5, 5.41) is 3.32. The van der Waals surface area contributed by atoms with Crippen LogP contribution in [0.2, 0.25) is 0 Å². The van der Waals surface area contributed by atoms with E-state index in [0.29, 0.717) is 0 Å². The van der Waals surface area contributed by atoms with E-state index in [1.807, 2.05) is 11.0 Å². The van der Waals surface area contributed by atoms with Gasteiger partial charge in [0.05, 0.1) is 0 Å². The van der Waals surface area contributed by atoms with Crippen molar-refractivity contribution >= 4 is 5.91 Å². The fourth-order valence-electron chi connectivity index (χ4n) is 3.10. The molecule has 2 aliphatic heterocycles. The second-order valence-electron chi connectivity index (χ2n) is 5.72. The maximum atomic E-state index is 12.6. The lowest BCUT2D eigenvalue weighted by atomic mass is 10.1. The molecule has 0 aromatic heterocycles. The third kappa shape index (κ3) is 2.72. The molecule has 0 saturated carbocycles. The largest absolute Gasteiger partial charge is 0.336 e. The van der Waals surface area contributed by atoms with Crippen molar-refractivity contribution in [2.75, 3.05) is 32.7 Å². The number of carbonyl (C=O) groups is 1. The molecule has 2 aliphatic rings. The van der Waals surface area contributed by atoms with Crippen molar-refractivity contribution in [3.8, 4) is 0 Å². The van der Waals surface area contributed by atoms with E-state index in [1.165, 1.54) is 17.5 Å². The van der Waals surface area contributed by atoms with Crippen LogP contribution in [-0.2, 0) is 13.1 Å². The van der Waals surface area contributed by atoms with Crippen LogP contribution in [0.1, 0.15) is 34.8 Å². The molecule has 4 nitrogen and oxygen atoms in total. The maximum Gasteiger partial charge on any atom is 0.253 e. The smallest absolute Gasteiger partial charge is 0.253 e. The Morgan fingerprint density at radius 2 is 1.90 bits per heavy atom. The molecule has 3 rings (SSSR count). The van der Waals surface area contributed by atoms with E-state index in [-0.39, 0.29) is 5.91 Å². The van der Waals surface area contributed by atoms with Crippen LogP contribution in [-0.4, -0.2) is 48.4 Å². The highest BCUT2D eigenvalue weighted by Gasteiger charge is 2.22. The molecule has 20 heavy (non-hydrogen) atoms. The van der Waals surface area contributed by atoms with Crippen LogP contribution >= 0.6 is 0 Å². The van der Waals surface area contributed by atoms with E-state index in [0.717, 1.165) is 51.4 Å². The Morgan fingerprint density at radius 3 is 2.65 bits per heavy atom. The Morgan fingerprint density at radius 1 is 1.15 bits per heavy atom. The summed E-state index contributed by atoms with van der Waals surface area (Å²) in [6, 6.07) is 6.14. The zero-order valence-electron chi connectivity index (χ0n) is 12.2. The average molecular weight is 273 g/mol. The fourth-order valence-corrected chi connectivity index (χ4v) is 3.10. The summed E-state index contributed by atoms with van der Waals surface area (Å²) in [5.41, 5.74) is 3.45. The van der Waals surface area contributed by atoms with Gasteiger partial charge in [0, 0.05) is 44.8 Å². The number of carbonyl (C=O) groups excluding carboxylic acids is 1. The molecule has 1 aromatic carbocycles. The SMILES string of the molecule is CCCN1CCN(C(=O)c2ccc3c(c2)CNC3)CC1. The third-order valence-electron chi connectivity index (χ3n) is 4.28. The lowest BCUT2D eigenvalue weighted by Gasteiger charge is -2.34. The van der Waals surface area contributed by atoms with Crippen LogP contribution < -0.4 is 5.32 Å². The summed E-state index contributed by atoms with van der Waals surface area (Å²) in [7, 11) is 0. The number of rotatable bonds is 3. The van der Waals surface area contributed by atoms with Gasteiger partial charge in [-0.1, -0.05) is 13.0 Å². The standard InChI is InChI=1S/C16H23N3O/c1-2-5-18-6-8-19(9-7-18)16(20)13-3-4-14-11-17-12-15(14)10-13/h3-4,10,17H,2,5-9,11-12H2,1H3. The van der Waals surface area contributed by atoms with Gasteiger partial charge in [-0.05, 0) is 36.2 Å². The Balaban J connectivity index is 1.65. The van der Waals surface area contributed by atoms with Crippen LogP contribution in [0, 0.1) is 0 Å². The summed E-state index contributed by atoms with van der Waals surface area (Å²) in [4.78, 5) is 17.0. The molecule has 4 heteroatoms. The molecule has 0 aliphatic carbocycles. The predicted octanol–water partition coefficient (Wildman–Crippen LogP) is 1.46. The summed E-state index contributed by atoms with van der Waals surface area (Å²) >= 11 is 0. The highest BCUT2D eigenvalue weighted by atomic mass is 16.2. The molecule has 0 bridgehead atoms. The van der Waals surface area contributed by atoms with Gasteiger partial charge >= 0.3 is 0 Å². The van der Waals surface area contributed by atoms with Crippen molar-refractivity contribution in [3.63, 3.8) is 0 Å². The predicted molar refractivity (Wildman–Crippen MR) is 79.6 cm³/mol. The summed E-state index contributed by atoms with van der Waals surface area (Å²) in [6.45, 7) is 8.89. The third-order valence-corrected chi connectivity index (χ3v) is 4.28. The maximum absolute atomic E-state index is 12.6. The van der Waals surface area contributed by atoms with Crippen molar-refractivity contribution in [1.82, 2.24) is 15.1 Å². The van der Waals surface area contributed by atoms with Crippen LogP contribution in [0.5, 0.6) is 0 Å². The molecule has 1 fully saturated rings. The minimum atomic E-state index is 0.191. The van der Waals surface area contributed by atoms with Gasteiger partial charge < -0.3 is 10.2 Å². The molecule has 0 spiro atoms. The van der Waals surface area contributed by atoms with Crippen molar-refractivity contribution in [2.24, 2.45) is 0 Å². The second kappa shape index (κ2) is 5.94. The number of benzene rings is 1. The first-order valence-corrected chi connectivity index (χ1v) is 7.62. The number of nitrogens with one attached hydrogen (secondary N) is 1. The van der Waals surface area contributed by atoms with Crippen LogP contribution in [0.3, 0.4) is 0 Å². The quantitative estimate of drug-likeness (QED) is 0.905. The lowest BCUT2D eigenvalue weighted by Crippen LogP contribution is -2.48.